The minimum Gasteiger partial charge on any atom is -0.344 e. The first kappa shape index (κ1) is 24.8. The Labute approximate surface area is 205 Å². The Morgan fingerprint density at radius 3 is 2.51 bits per heavy atom. The number of hydrogen-bond acceptors (Lipinski definition) is 6. The van der Waals surface area contributed by atoms with E-state index in [9.17, 15) is 14.4 Å². The van der Waals surface area contributed by atoms with Crippen molar-refractivity contribution in [2.75, 3.05) is 11.9 Å². The number of para-hydroxylation sites is 1. The zero-order valence-corrected chi connectivity index (χ0v) is 20.5. The van der Waals surface area contributed by atoms with Gasteiger partial charge in [-0.25, -0.2) is 0 Å². The number of benzene rings is 1. The van der Waals surface area contributed by atoms with Crippen LogP contribution in [0.2, 0.25) is 0 Å². The third-order valence-electron chi connectivity index (χ3n) is 7.29. The summed E-state index contributed by atoms with van der Waals surface area (Å²) in [4.78, 5) is 41.5. The molecule has 1 saturated carbocycles. The van der Waals surface area contributed by atoms with E-state index in [-0.39, 0.29) is 35.5 Å². The Kier molecular flexibility index (Phi) is 8.09. The summed E-state index contributed by atoms with van der Waals surface area (Å²) < 4.78 is 1.45. The van der Waals surface area contributed by atoms with Crippen LogP contribution in [0.5, 0.6) is 0 Å². The standard InChI is InChI=1S/C25H35N7O3/c1-3-17(2)22(33)26-21(18-11-6-4-7-12-18)24(35)31-16-10-15-20(31)23(34)27-25-28-29-30-32(25)19-13-8-5-9-14-19/h5,8-9,13-14,17-18,20-21H,3-4,6-7,10-12,15-16H2,1-2H3,(H,26,33)(H,27,28,30,34)/t17-,20+,21+/m1/s1. The monoisotopic (exact) mass is 481 g/mol. The van der Waals surface area contributed by atoms with Gasteiger partial charge in [0.25, 0.3) is 5.95 Å². The lowest BCUT2D eigenvalue weighted by Gasteiger charge is -2.35. The quantitative estimate of drug-likeness (QED) is 0.598. The summed E-state index contributed by atoms with van der Waals surface area (Å²) in [5, 5.41) is 17.5. The van der Waals surface area contributed by atoms with Crippen molar-refractivity contribution >= 4 is 23.7 Å². The second-order valence-corrected chi connectivity index (χ2v) is 9.62. The van der Waals surface area contributed by atoms with Gasteiger partial charge in [-0.05, 0) is 60.6 Å². The molecule has 1 aromatic carbocycles. The molecule has 0 radical (unpaired) electrons. The number of nitrogens with one attached hydrogen (secondary N) is 2. The minimum atomic E-state index is -0.630. The molecule has 1 aliphatic heterocycles. The Balaban J connectivity index is 1.50. The Morgan fingerprint density at radius 1 is 1.06 bits per heavy atom. The first-order valence-corrected chi connectivity index (χ1v) is 12.7. The van der Waals surface area contributed by atoms with Gasteiger partial charge in [-0.2, -0.15) is 4.68 Å². The Morgan fingerprint density at radius 2 is 1.80 bits per heavy atom. The van der Waals surface area contributed by atoms with Crippen molar-refractivity contribution in [1.82, 2.24) is 30.4 Å². The number of hydrogen-bond donors (Lipinski definition) is 2. The van der Waals surface area contributed by atoms with Crippen molar-refractivity contribution in [2.45, 2.75) is 77.3 Å². The molecule has 0 spiro atoms. The van der Waals surface area contributed by atoms with Crippen LogP contribution in [0.3, 0.4) is 0 Å². The molecule has 10 heteroatoms. The van der Waals surface area contributed by atoms with Gasteiger partial charge in [-0.1, -0.05) is 56.4 Å². The van der Waals surface area contributed by atoms with Gasteiger partial charge in [0.15, 0.2) is 0 Å². The summed E-state index contributed by atoms with van der Waals surface area (Å²) in [6, 6.07) is 8.06. The van der Waals surface area contributed by atoms with Crippen LogP contribution < -0.4 is 10.6 Å². The molecule has 1 aliphatic carbocycles. The predicted molar refractivity (Wildman–Crippen MR) is 130 cm³/mol. The highest BCUT2D eigenvalue weighted by Gasteiger charge is 2.41. The molecule has 2 fully saturated rings. The molecule has 35 heavy (non-hydrogen) atoms. The zero-order valence-electron chi connectivity index (χ0n) is 20.5. The third kappa shape index (κ3) is 5.68. The maximum absolute atomic E-state index is 13.8. The van der Waals surface area contributed by atoms with E-state index in [1.165, 1.54) is 4.68 Å². The molecule has 3 amide bonds. The Hall–Kier alpha value is -3.30. The third-order valence-corrected chi connectivity index (χ3v) is 7.29. The van der Waals surface area contributed by atoms with E-state index in [1.54, 1.807) is 4.90 Å². The van der Waals surface area contributed by atoms with E-state index in [0.717, 1.165) is 44.2 Å². The summed E-state index contributed by atoms with van der Waals surface area (Å²) in [5.74, 6) is -0.442. The second kappa shape index (κ2) is 11.4. The Bertz CT molecular complexity index is 1020. The van der Waals surface area contributed by atoms with Gasteiger partial charge in [0.05, 0.1) is 5.69 Å². The highest BCUT2D eigenvalue weighted by Crippen LogP contribution is 2.30. The predicted octanol–water partition coefficient (Wildman–Crippen LogP) is 2.70. The van der Waals surface area contributed by atoms with Gasteiger partial charge in [0, 0.05) is 12.5 Å². The van der Waals surface area contributed by atoms with E-state index in [1.807, 2.05) is 44.2 Å². The lowest BCUT2D eigenvalue weighted by atomic mass is 9.83. The van der Waals surface area contributed by atoms with E-state index in [0.29, 0.717) is 19.4 Å². The van der Waals surface area contributed by atoms with Crippen LogP contribution in [0.15, 0.2) is 30.3 Å². The van der Waals surface area contributed by atoms with E-state index in [2.05, 4.69) is 26.2 Å². The zero-order chi connectivity index (χ0) is 24.8. The number of likely N-dealkylation sites (tertiary alicyclic amines) is 1. The van der Waals surface area contributed by atoms with Crippen molar-refractivity contribution in [3.05, 3.63) is 30.3 Å². The molecule has 4 rings (SSSR count). The molecule has 0 unspecified atom stereocenters. The van der Waals surface area contributed by atoms with Gasteiger partial charge in [0.2, 0.25) is 17.7 Å². The fourth-order valence-corrected chi connectivity index (χ4v) is 5.01. The molecule has 2 aromatic rings. The summed E-state index contributed by atoms with van der Waals surface area (Å²) in [6.45, 7) is 4.33. The highest BCUT2D eigenvalue weighted by atomic mass is 16.2. The fraction of sp³-hybridized carbons (Fsp3) is 0.600. The lowest BCUT2D eigenvalue weighted by molar-refractivity contribution is -0.142. The van der Waals surface area contributed by atoms with Crippen molar-refractivity contribution in [2.24, 2.45) is 11.8 Å². The fourth-order valence-electron chi connectivity index (χ4n) is 5.01. The number of carbonyl (C=O) groups is 3. The number of anilines is 1. The molecule has 10 nitrogen and oxygen atoms in total. The number of rotatable bonds is 8. The molecule has 0 bridgehead atoms. The maximum atomic E-state index is 13.8. The van der Waals surface area contributed by atoms with E-state index >= 15 is 0 Å². The highest BCUT2D eigenvalue weighted by molar-refractivity contribution is 5.98. The summed E-state index contributed by atoms with van der Waals surface area (Å²) >= 11 is 0. The van der Waals surface area contributed by atoms with Crippen LogP contribution in [0.4, 0.5) is 5.95 Å². The number of carbonyl (C=O) groups excluding carboxylic acids is 3. The number of tetrazole rings is 1. The summed E-state index contributed by atoms with van der Waals surface area (Å²) in [7, 11) is 0. The first-order valence-electron chi connectivity index (χ1n) is 12.7. The first-order chi connectivity index (χ1) is 17.0. The lowest BCUT2D eigenvalue weighted by Crippen LogP contribution is -2.56. The normalized spacial score (nSPS) is 20.3. The van der Waals surface area contributed by atoms with Gasteiger partial charge in [0.1, 0.15) is 12.1 Å². The van der Waals surface area contributed by atoms with Crippen molar-refractivity contribution < 1.29 is 14.4 Å². The van der Waals surface area contributed by atoms with E-state index < -0.39 is 12.1 Å². The number of nitrogens with zero attached hydrogens (tertiary/aromatic N) is 5. The second-order valence-electron chi connectivity index (χ2n) is 9.62. The molecular formula is C25H35N7O3. The summed E-state index contributed by atoms with van der Waals surface area (Å²) in [5.41, 5.74) is 0.720. The number of aromatic nitrogens is 4. The van der Waals surface area contributed by atoms with Gasteiger partial charge < -0.3 is 10.2 Å². The topological polar surface area (TPSA) is 122 Å². The van der Waals surface area contributed by atoms with Crippen LogP contribution >= 0.6 is 0 Å². The SMILES string of the molecule is CC[C@@H](C)C(=O)N[C@H](C(=O)N1CCC[C@H]1C(=O)Nc1nnnn1-c1ccccc1)C1CCCCC1. The van der Waals surface area contributed by atoms with Crippen LogP contribution in [0.25, 0.3) is 5.69 Å². The average molecular weight is 482 g/mol. The van der Waals surface area contributed by atoms with Crippen molar-refractivity contribution in [1.29, 1.82) is 0 Å². The molecule has 2 aliphatic rings. The minimum absolute atomic E-state index is 0.0962. The van der Waals surface area contributed by atoms with E-state index in [4.69, 9.17) is 0 Å². The van der Waals surface area contributed by atoms with Gasteiger partial charge in [-0.15, -0.1) is 0 Å². The average Bonchev–Trinajstić information content (AvgIpc) is 3.57. The molecular weight excluding hydrogens is 446 g/mol. The van der Waals surface area contributed by atoms with Crippen LogP contribution in [-0.4, -0.2) is 61.5 Å². The summed E-state index contributed by atoms with van der Waals surface area (Å²) in [6.07, 6.45) is 7.08. The smallest absolute Gasteiger partial charge is 0.254 e. The van der Waals surface area contributed by atoms with Gasteiger partial charge >= 0.3 is 0 Å². The van der Waals surface area contributed by atoms with Gasteiger partial charge in [-0.3, -0.25) is 19.7 Å². The van der Waals surface area contributed by atoms with Crippen LogP contribution in [0.1, 0.15) is 65.2 Å². The molecule has 2 heterocycles. The maximum Gasteiger partial charge on any atom is 0.254 e. The molecule has 1 aromatic heterocycles. The van der Waals surface area contributed by atoms with Crippen LogP contribution in [0, 0.1) is 11.8 Å². The molecule has 188 valence electrons. The molecule has 3 atom stereocenters. The van der Waals surface area contributed by atoms with Crippen LogP contribution in [-0.2, 0) is 14.4 Å². The van der Waals surface area contributed by atoms with Crippen molar-refractivity contribution in [3.8, 4) is 5.69 Å². The number of amides is 3. The molecule has 2 N–H and O–H groups in total. The van der Waals surface area contributed by atoms with Crippen molar-refractivity contribution in [3.63, 3.8) is 0 Å². The molecule has 1 saturated heterocycles. The largest absolute Gasteiger partial charge is 0.344 e.